The Hall–Kier alpha value is 0.270. The van der Waals surface area contributed by atoms with Crippen LogP contribution < -0.4 is 5.73 Å². The second kappa shape index (κ2) is 4.42. The van der Waals surface area contributed by atoms with Gasteiger partial charge in [-0.25, -0.2) is 0 Å². The lowest BCUT2D eigenvalue weighted by Crippen LogP contribution is -2.42. The van der Waals surface area contributed by atoms with Crippen LogP contribution in [0.2, 0.25) is 0 Å². The number of ether oxygens (including phenoxy) is 1. The minimum absolute atomic E-state index is 0.350. The van der Waals surface area contributed by atoms with Gasteiger partial charge in [-0.3, -0.25) is 0 Å². The van der Waals surface area contributed by atoms with E-state index < -0.39 is 0 Å². The first-order valence-electron chi connectivity index (χ1n) is 5.68. The lowest BCUT2D eigenvalue weighted by molar-refractivity contribution is 0.181. The van der Waals surface area contributed by atoms with E-state index in [-0.39, 0.29) is 0 Å². The Kier molecular flexibility index (Phi) is 3.40. The topological polar surface area (TPSA) is 35.2 Å². The maximum absolute atomic E-state index is 6.32. The molecule has 2 fully saturated rings. The SMILES string of the molecule is CC1(C(N)CC2CCOC2)CCCS1. The quantitative estimate of drug-likeness (QED) is 0.782. The standard InChI is InChI=1S/C11H21NOS/c1-11(4-2-6-14-11)10(12)7-9-3-5-13-8-9/h9-10H,2-8,12H2,1H3. The van der Waals surface area contributed by atoms with Crippen molar-refractivity contribution in [2.75, 3.05) is 19.0 Å². The molecule has 0 radical (unpaired) electrons. The van der Waals surface area contributed by atoms with E-state index in [2.05, 4.69) is 18.7 Å². The summed E-state index contributed by atoms with van der Waals surface area (Å²) >= 11 is 2.07. The van der Waals surface area contributed by atoms with Gasteiger partial charge >= 0.3 is 0 Å². The largest absolute Gasteiger partial charge is 0.381 e. The second-order valence-electron chi connectivity index (χ2n) is 4.84. The minimum Gasteiger partial charge on any atom is -0.381 e. The van der Waals surface area contributed by atoms with Crippen LogP contribution in [0, 0.1) is 5.92 Å². The molecule has 3 unspecified atom stereocenters. The fourth-order valence-corrected chi connectivity index (χ4v) is 3.82. The summed E-state index contributed by atoms with van der Waals surface area (Å²) < 4.78 is 5.74. The van der Waals surface area contributed by atoms with Crippen molar-refractivity contribution in [3.05, 3.63) is 0 Å². The average molecular weight is 215 g/mol. The molecule has 82 valence electrons. The van der Waals surface area contributed by atoms with Gasteiger partial charge in [0.05, 0.1) is 0 Å². The molecule has 2 rings (SSSR count). The zero-order valence-electron chi connectivity index (χ0n) is 9.00. The number of hydrogen-bond acceptors (Lipinski definition) is 3. The molecular weight excluding hydrogens is 194 g/mol. The molecule has 2 N–H and O–H groups in total. The average Bonchev–Trinajstić information content (AvgIpc) is 2.76. The molecular formula is C11H21NOS. The molecule has 0 aliphatic carbocycles. The lowest BCUT2D eigenvalue weighted by Gasteiger charge is -2.31. The van der Waals surface area contributed by atoms with Crippen LogP contribution in [-0.2, 0) is 4.74 Å². The van der Waals surface area contributed by atoms with Crippen molar-refractivity contribution in [3.63, 3.8) is 0 Å². The summed E-state index contributed by atoms with van der Waals surface area (Å²) in [5.41, 5.74) is 6.32. The van der Waals surface area contributed by atoms with Crippen LogP contribution in [0.25, 0.3) is 0 Å². The van der Waals surface area contributed by atoms with E-state index in [9.17, 15) is 0 Å². The first-order chi connectivity index (χ1) is 6.71. The first kappa shape index (κ1) is 10.8. The molecule has 0 saturated carbocycles. The minimum atomic E-state index is 0.350. The van der Waals surface area contributed by atoms with Gasteiger partial charge in [0, 0.05) is 24.0 Å². The fourth-order valence-electron chi connectivity index (χ4n) is 2.47. The van der Waals surface area contributed by atoms with Crippen molar-refractivity contribution in [2.45, 2.75) is 43.4 Å². The van der Waals surface area contributed by atoms with Crippen molar-refractivity contribution >= 4 is 11.8 Å². The summed E-state index contributed by atoms with van der Waals surface area (Å²) in [6.07, 6.45) is 5.01. The summed E-state index contributed by atoms with van der Waals surface area (Å²) in [6, 6.07) is 0.363. The highest BCUT2D eigenvalue weighted by Crippen LogP contribution is 2.41. The lowest BCUT2D eigenvalue weighted by atomic mass is 9.89. The molecule has 0 aromatic rings. The number of thioether (sulfide) groups is 1. The van der Waals surface area contributed by atoms with E-state index in [0.717, 1.165) is 25.6 Å². The summed E-state index contributed by atoms with van der Waals surface area (Å²) in [6.45, 7) is 4.22. The summed E-state index contributed by atoms with van der Waals surface area (Å²) in [7, 11) is 0. The van der Waals surface area contributed by atoms with Crippen molar-refractivity contribution in [1.29, 1.82) is 0 Å². The van der Waals surface area contributed by atoms with Crippen molar-refractivity contribution < 1.29 is 4.74 Å². The molecule has 14 heavy (non-hydrogen) atoms. The number of nitrogens with two attached hydrogens (primary N) is 1. The number of hydrogen-bond donors (Lipinski definition) is 1. The molecule has 0 aromatic heterocycles. The maximum atomic E-state index is 6.32. The van der Waals surface area contributed by atoms with Crippen molar-refractivity contribution in [2.24, 2.45) is 11.7 Å². The van der Waals surface area contributed by atoms with Crippen molar-refractivity contribution in [3.8, 4) is 0 Å². The predicted octanol–water partition coefficient (Wildman–Crippen LogP) is 2.03. The zero-order valence-corrected chi connectivity index (χ0v) is 9.81. The van der Waals surface area contributed by atoms with Gasteiger partial charge in [0.2, 0.25) is 0 Å². The van der Waals surface area contributed by atoms with Gasteiger partial charge < -0.3 is 10.5 Å². The Balaban J connectivity index is 1.84. The van der Waals surface area contributed by atoms with Gasteiger partial charge in [-0.05, 0) is 44.3 Å². The van der Waals surface area contributed by atoms with Gasteiger partial charge in [0.1, 0.15) is 0 Å². The molecule has 0 amide bonds. The van der Waals surface area contributed by atoms with Crippen LogP contribution in [0.15, 0.2) is 0 Å². The van der Waals surface area contributed by atoms with E-state index >= 15 is 0 Å². The summed E-state index contributed by atoms with van der Waals surface area (Å²) in [5, 5.41) is 0. The molecule has 2 heterocycles. The van der Waals surface area contributed by atoms with Crippen molar-refractivity contribution in [1.82, 2.24) is 0 Å². The van der Waals surface area contributed by atoms with E-state index in [1.165, 1.54) is 25.0 Å². The molecule has 3 atom stereocenters. The molecule has 2 aliphatic heterocycles. The maximum Gasteiger partial charge on any atom is 0.0495 e. The summed E-state index contributed by atoms with van der Waals surface area (Å²) in [5.74, 6) is 2.02. The van der Waals surface area contributed by atoms with Crippen LogP contribution in [-0.4, -0.2) is 29.8 Å². The Morgan fingerprint density at radius 2 is 2.50 bits per heavy atom. The van der Waals surface area contributed by atoms with E-state index in [0.29, 0.717) is 10.8 Å². The van der Waals surface area contributed by atoms with Crippen LogP contribution >= 0.6 is 11.8 Å². The Morgan fingerprint density at radius 1 is 1.64 bits per heavy atom. The molecule has 3 heteroatoms. The third-order valence-electron chi connectivity index (χ3n) is 3.64. The fraction of sp³-hybridized carbons (Fsp3) is 1.00. The van der Waals surface area contributed by atoms with Crippen LogP contribution in [0.4, 0.5) is 0 Å². The normalized spacial score (nSPS) is 40.3. The third kappa shape index (κ3) is 2.26. The van der Waals surface area contributed by atoms with Gasteiger partial charge in [-0.2, -0.15) is 11.8 Å². The van der Waals surface area contributed by atoms with Gasteiger partial charge in [0.15, 0.2) is 0 Å². The molecule has 2 saturated heterocycles. The first-order valence-corrected chi connectivity index (χ1v) is 6.66. The molecule has 2 aliphatic rings. The highest BCUT2D eigenvalue weighted by atomic mass is 32.2. The monoisotopic (exact) mass is 215 g/mol. The highest BCUT2D eigenvalue weighted by molar-refractivity contribution is 8.00. The van der Waals surface area contributed by atoms with Crippen LogP contribution in [0.1, 0.15) is 32.6 Å². The Morgan fingerprint density at radius 3 is 3.07 bits per heavy atom. The smallest absolute Gasteiger partial charge is 0.0495 e. The number of rotatable bonds is 3. The van der Waals surface area contributed by atoms with Gasteiger partial charge in [-0.1, -0.05) is 0 Å². The van der Waals surface area contributed by atoms with Crippen LogP contribution in [0.5, 0.6) is 0 Å². The Bertz CT molecular complexity index is 186. The van der Waals surface area contributed by atoms with E-state index in [1.54, 1.807) is 0 Å². The predicted molar refractivity (Wildman–Crippen MR) is 61.6 cm³/mol. The van der Waals surface area contributed by atoms with E-state index in [4.69, 9.17) is 10.5 Å². The third-order valence-corrected chi connectivity index (χ3v) is 5.30. The molecule has 0 bridgehead atoms. The Labute approximate surface area is 91.0 Å². The summed E-state index contributed by atoms with van der Waals surface area (Å²) in [4.78, 5) is 0. The molecule has 2 nitrogen and oxygen atoms in total. The highest BCUT2D eigenvalue weighted by Gasteiger charge is 2.37. The zero-order chi connectivity index (χ0) is 10.0. The second-order valence-corrected chi connectivity index (χ2v) is 6.47. The van der Waals surface area contributed by atoms with Crippen LogP contribution in [0.3, 0.4) is 0 Å². The molecule has 0 aromatic carbocycles. The van der Waals surface area contributed by atoms with E-state index in [1.807, 2.05) is 0 Å². The van der Waals surface area contributed by atoms with Gasteiger partial charge in [0.25, 0.3) is 0 Å². The molecule has 0 spiro atoms. The van der Waals surface area contributed by atoms with Gasteiger partial charge in [-0.15, -0.1) is 0 Å².